The van der Waals surface area contributed by atoms with Crippen LogP contribution in [0.5, 0.6) is 0 Å². The fourth-order valence-corrected chi connectivity index (χ4v) is 1.66. The van der Waals surface area contributed by atoms with E-state index in [1.54, 1.807) is 0 Å². The van der Waals surface area contributed by atoms with Gasteiger partial charge in [0, 0.05) is 24.2 Å². The minimum atomic E-state index is -0.255. The Bertz CT molecular complexity index is 525. The molecule has 0 bridgehead atoms. The number of aromatic nitrogens is 4. The summed E-state index contributed by atoms with van der Waals surface area (Å²) in [6, 6.07) is 2.23. The first-order chi connectivity index (χ1) is 7.74. The zero-order valence-electron chi connectivity index (χ0n) is 9.40. The first-order valence-corrected chi connectivity index (χ1v) is 5.33. The fraction of sp³-hybridized carbons (Fsp3) is 0.500. The molecule has 0 saturated heterocycles. The van der Waals surface area contributed by atoms with Gasteiger partial charge in [-0.1, -0.05) is 6.92 Å². The van der Waals surface area contributed by atoms with E-state index >= 15 is 0 Å². The summed E-state index contributed by atoms with van der Waals surface area (Å²) in [7, 11) is 1.94. The van der Waals surface area contributed by atoms with Gasteiger partial charge < -0.3 is 5.32 Å². The van der Waals surface area contributed by atoms with Crippen molar-refractivity contribution < 1.29 is 0 Å². The fourth-order valence-electron chi connectivity index (χ4n) is 1.66. The maximum atomic E-state index is 11.2. The molecule has 0 radical (unpaired) electrons. The molecule has 2 aromatic rings. The highest BCUT2D eigenvalue weighted by molar-refractivity contribution is 5.36. The summed E-state index contributed by atoms with van der Waals surface area (Å²) in [5.41, 5.74) is 1.29. The number of H-pyrrole nitrogens is 1. The average molecular weight is 221 g/mol. The van der Waals surface area contributed by atoms with E-state index < -0.39 is 0 Å². The van der Waals surface area contributed by atoms with Gasteiger partial charge in [-0.05, 0) is 13.5 Å². The number of hydrogen-bond acceptors (Lipinski definition) is 4. The number of rotatable bonds is 4. The number of hydrogen-bond donors (Lipinski definition) is 2. The lowest BCUT2D eigenvalue weighted by Gasteiger charge is -2.12. The van der Waals surface area contributed by atoms with Gasteiger partial charge >= 0.3 is 5.69 Å². The summed E-state index contributed by atoms with van der Waals surface area (Å²) >= 11 is 0. The Kier molecular flexibility index (Phi) is 3.00. The van der Waals surface area contributed by atoms with Crippen molar-refractivity contribution >= 4 is 5.65 Å². The highest BCUT2D eigenvalue weighted by atomic mass is 16.1. The van der Waals surface area contributed by atoms with Crippen LogP contribution in [0.2, 0.25) is 0 Å². The van der Waals surface area contributed by atoms with Gasteiger partial charge in [0.25, 0.3) is 0 Å². The Morgan fingerprint density at radius 1 is 1.62 bits per heavy atom. The van der Waals surface area contributed by atoms with Crippen molar-refractivity contribution in [1.29, 1.82) is 0 Å². The average Bonchev–Trinajstić information content (AvgIpc) is 2.68. The summed E-state index contributed by atoms with van der Waals surface area (Å²) in [4.78, 5) is 15.5. The molecule has 1 unspecified atom stereocenters. The van der Waals surface area contributed by atoms with Crippen molar-refractivity contribution in [2.45, 2.75) is 25.8 Å². The third-order valence-corrected chi connectivity index (χ3v) is 2.72. The van der Waals surface area contributed by atoms with Crippen LogP contribution in [0.3, 0.4) is 0 Å². The Hall–Kier alpha value is -1.69. The number of nitrogens with zero attached hydrogens (tertiary/aromatic N) is 3. The molecular weight excluding hydrogens is 206 g/mol. The van der Waals surface area contributed by atoms with Crippen LogP contribution in [0.25, 0.3) is 5.65 Å². The van der Waals surface area contributed by atoms with Crippen molar-refractivity contribution in [3.63, 3.8) is 0 Å². The molecule has 6 heteroatoms. The second-order valence-corrected chi connectivity index (χ2v) is 3.74. The van der Waals surface area contributed by atoms with Gasteiger partial charge in [-0.3, -0.25) is 0 Å². The maximum Gasteiger partial charge on any atom is 0.348 e. The van der Waals surface area contributed by atoms with Crippen LogP contribution in [0, 0.1) is 0 Å². The van der Waals surface area contributed by atoms with E-state index in [0.29, 0.717) is 11.7 Å². The number of nitrogens with one attached hydrogen (secondary N) is 2. The number of aromatic amines is 1. The standard InChI is InChI=1S/C10H15N5O/c1-3-7(11-2)4-8-5-9-13-14-10(16)15(9)6-12-8/h5-7,11H,3-4H2,1-2H3,(H,14,16). The topological polar surface area (TPSA) is 75.1 Å². The van der Waals surface area contributed by atoms with E-state index in [-0.39, 0.29) is 5.69 Å². The van der Waals surface area contributed by atoms with Gasteiger partial charge in [-0.15, -0.1) is 0 Å². The van der Waals surface area contributed by atoms with Gasteiger partial charge in [0.2, 0.25) is 0 Å². The molecule has 0 aromatic carbocycles. The van der Waals surface area contributed by atoms with Crippen molar-refractivity contribution in [3.05, 3.63) is 28.6 Å². The third-order valence-electron chi connectivity index (χ3n) is 2.72. The Labute approximate surface area is 92.7 Å². The van der Waals surface area contributed by atoms with E-state index in [4.69, 9.17) is 0 Å². The second-order valence-electron chi connectivity index (χ2n) is 3.74. The lowest BCUT2D eigenvalue weighted by molar-refractivity contribution is 0.537. The first-order valence-electron chi connectivity index (χ1n) is 5.33. The maximum absolute atomic E-state index is 11.2. The minimum absolute atomic E-state index is 0.255. The summed E-state index contributed by atoms with van der Waals surface area (Å²) in [6.45, 7) is 2.12. The zero-order chi connectivity index (χ0) is 11.5. The Morgan fingerprint density at radius 3 is 3.12 bits per heavy atom. The van der Waals surface area contributed by atoms with Crippen LogP contribution in [-0.4, -0.2) is 32.7 Å². The molecule has 2 rings (SSSR count). The van der Waals surface area contributed by atoms with E-state index in [1.807, 2.05) is 13.1 Å². The number of fused-ring (bicyclic) bond motifs is 1. The van der Waals surface area contributed by atoms with Crippen LogP contribution < -0.4 is 11.0 Å². The van der Waals surface area contributed by atoms with E-state index in [2.05, 4.69) is 27.4 Å². The van der Waals surface area contributed by atoms with Crippen molar-refractivity contribution in [2.75, 3.05) is 7.05 Å². The molecule has 1 atom stereocenters. The van der Waals surface area contributed by atoms with Crippen LogP contribution in [0.1, 0.15) is 19.0 Å². The molecule has 0 aliphatic heterocycles. The highest BCUT2D eigenvalue weighted by Gasteiger charge is 2.07. The SMILES string of the molecule is CCC(Cc1cc2n[nH]c(=O)n2cn1)NC. The third kappa shape index (κ3) is 1.96. The minimum Gasteiger partial charge on any atom is -0.317 e. The van der Waals surface area contributed by atoms with Gasteiger partial charge in [0.05, 0.1) is 0 Å². The van der Waals surface area contributed by atoms with Crippen molar-refractivity contribution in [1.82, 2.24) is 24.9 Å². The molecule has 0 aliphatic rings. The highest BCUT2D eigenvalue weighted by Crippen LogP contribution is 2.04. The van der Waals surface area contributed by atoms with Gasteiger partial charge in [-0.2, -0.15) is 5.10 Å². The van der Waals surface area contributed by atoms with Gasteiger partial charge in [0.15, 0.2) is 5.65 Å². The van der Waals surface area contributed by atoms with Crippen LogP contribution in [0.4, 0.5) is 0 Å². The molecule has 0 spiro atoms. The van der Waals surface area contributed by atoms with E-state index in [1.165, 1.54) is 10.7 Å². The summed E-state index contributed by atoms with van der Waals surface area (Å²) in [5, 5.41) is 9.51. The second kappa shape index (κ2) is 4.44. The quantitative estimate of drug-likeness (QED) is 0.759. The van der Waals surface area contributed by atoms with Crippen LogP contribution in [-0.2, 0) is 6.42 Å². The van der Waals surface area contributed by atoms with E-state index in [9.17, 15) is 4.79 Å². The monoisotopic (exact) mass is 221 g/mol. The zero-order valence-corrected chi connectivity index (χ0v) is 9.40. The van der Waals surface area contributed by atoms with Crippen molar-refractivity contribution in [2.24, 2.45) is 0 Å². The van der Waals surface area contributed by atoms with Crippen molar-refractivity contribution in [3.8, 4) is 0 Å². The predicted octanol–water partition coefficient (Wildman–Crippen LogP) is -0.0419. The molecule has 6 nitrogen and oxygen atoms in total. The van der Waals surface area contributed by atoms with Crippen LogP contribution >= 0.6 is 0 Å². The molecule has 0 amide bonds. The molecule has 2 N–H and O–H groups in total. The smallest absolute Gasteiger partial charge is 0.317 e. The molecule has 86 valence electrons. The lowest BCUT2D eigenvalue weighted by Crippen LogP contribution is -2.27. The summed E-state index contributed by atoms with van der Waals surface area (Å²) in [5.74, 6) is 0. The predicted molar refractivity (Wildman–Crippen MR) is 60.5 cm³/mol. The first kappa shape index (κ1) is 10.8. The molecule has 0 saturated carbocycles. The normalized spacial score (nSPS) is 13.1. The number of likely N-dealkylation sites (N-methyl/N-ethyl adjacent to an activating group) is 1. The molecule has 2 heterocycles. The largest absolute Gasteiger partial charge is 0.348 e. The molecule has 2 aromatic heterocycles. The van der Waals surface area contributed by atoms with Gasteiger partial charge in [-0.25, -0.2) is 19.3 Å². The Balaban J connectivity index is 2.29. The van der Waals surface area contributed by atoms with E-state index in [0.717, 1.165) is 18.5 Å². The summed E-state index contributed by atoms with van der Waals surface area (Å²) in [6.07, 6.45) is 3.39. The molecule has 0 aliphatic carbocycles. The lowest BCUT2D eigenvalue weighted by atomic mass is 10.1. The molecule has 0 fully saturated rings. The van der Waals surface area contributed by atoms with Crippen LogP contribution in [0.15, 0.2) is 17.2 Å². The Morgan fingerprint density at radius 2 is 2.44 bits per heavy atom. The molecule has 16 heavy (non-hydrogen) atoms. The summed E-state index contributed by atoms with van der Waals surface area (Å²) < 4.78 is 1.39. The molecular formula is C10H15N5O. The van der Waals surface area contributed by atoms with Gasteiger partial charge in [0.1, 0.15) is 6.33 Å².